The first-order chi connectivity index (χ1) is 7.67. The van der Waals surface area contributed by atoms with Crippen LogP contribution in [0, 0.1) is 0 Å². The van der Waals surface area contributed by atoms with Crippen LogP contribution in [-0.2, 0) is 9.59 Å². The van der Waals surface area contributed by atoms with Gasteiger partial charge in [0.1, 0.15) is 6.42 Å². The Labute approximate surface area is 98.5 Å². The van der Waals surface area contributed by atoms with E-state index < -0.39 is 0 Å². The predicted octanol–water partition coefficient (Wildman–Crippen LogP) is 1.34. The van der Waals surface area contributed by atoms with Crippen LogP contribution in [0.5, 0.6) is 0 Å². The van der Waals surface area contributed by atoms with E-state index in [1.54, 1.807) is 16.5 Å². The summed E-state index contributed by atoms with van der Waals surface area (Å²) in [6.07, 6.45) is 1.48. The zero-order valence-corrected chi connectivity index (χ0v) is 10.2. The maximum absolute atomic E-state index is 11.6. The fourth-order valence-corrected chi connectivity index (χ4v) is 1.82. The highest BCUT2D eigenvalue weighted by molar-refractivity contribution is 7.13. The van der Waals surface area contributed by atoms with Crippen LogP contribution in [-0.4, -0.2) is 34.8 Å². The molecule has 0 aliphatic heterocycles. The van der Waals surface area contributed by atoms with Crippen LogP contribution < -0.4 is 5.32 Å². The average molecular weight is 241 g/mol. The van der Waals surface area contributed by atoms with Crippen LogP contribution in [0.15, 0.2) is 11.6 Å². The van der Waals surface area contributed by atoms with Gasteiger partial charge in [-0.15, -0.1) is 11.3 Å². The molecule has 0 spiro atoms. The highest BCUT2D eigenvalue weighted by Crippen LogP contribution is 2.10. The molecule has 1 aromatic heterocycles. The van der Waals surface area contributed by atoms with Gasteiger partial charge in [-0.1, -0.05) is 0 Å². The number of anilines is 1. The lowest BCUT2D eigenvalue weighted by atomic mass is 10.3. The van der Waals surface area contributed by atoms with Crippen molar-refractivity contribution in [1.29, 1.82) is 0 Å². The maximum Gasteiger partial charge on any atom is 0.235 e. The van der Waals surface area contributed by atoms with E-state index in [2.05, 4.69) is 10.3 Å². The minimum Gasteiger partial charge on any atom is -0.343 e. The Balaban J connectivity index is 2.42. The number of amides is 2. The Kier molecular flexibility index (Phi) is 4.91. The first-order valence-corrected chi connectivity index (χ1v) is 6.02. The van der Waals surface area contributed by atoms with Gasteiger partial charge in [-0.25, -0.2) is 4.98 Å². The van der Waals surface area contributed by atoms with E-state index >= 15 is 0 Å². The SMILES string of the molecule is CCN(CC)C(=O)CC(=O)Nc1nccs1. The number of hydrogen-bond donors (Lipinski definition) is 1. The molecule has 6 heteroatoms. The zero-order chi connectivity index (χ0) is 12.0. The van der Waals surface area contributed by atoms with E-state index in [1.807, 2.05) is 13.8 Å². The zero-order valence-electron chi connectivity index (χ0n) is 9.40. The van der Waals surface area contributed by atoms with E-state index in [-0.39, 0.29) is 18.2 Å². The molecule has 0 fully saturated rings. The lowest BCUT2D eigenvalue weighted by Gasteiger charge is -2.17. The summed E-state index contributed by atoms with van der Waals surface area (Å²) >= 11 is 1.33. The van der Waals surface area contributed by atoms with Gasteiger partial charge in [-0.2, -0.15) is 0 Å². The Hall–Kier alpha value is -1.43. The van der Waals surface area contributed by atoms with Crippen molar-refractivity contribution >= 4 is 28.3 Å². The van der Waals surface area contributed by atoms with E-state index in [0.29, 0.717) is 18.2 Å². The average Bonchev–Trinajstić information content (AvgIpc) is 2.71. The Bertz CT molecular complexity index is 347. The number of carbonyl (C=O) groups excluding carboxylic acids is 2. The fraction of sp³-hybridized carbons (Fsp3) is 0.500. The summed E-state index contributed by atoms with van der Waals surface area (Å²) in [5.41, 5.74) is 0. The number of aromatic nitrogens is 1. The summed E-state index contributed by atoms with van der Waals surface area (Å²) in [6, 6.07) is 0. The third-order valence-electron chi connectivity index (χ3n) is 2.11. The molecular weight excluding hydrogens is 226 g/mol. The van der Waals surface area contributed by atoms with Crippen molar-refractivity contribution in [3.05, 3.63) is 11.6 Å². The first kappa shape index (κ1) is 12.6. The number of carbonyl (C=O) groups is 2. The lowest BCUT2D eigenvalue weighted by Crippen LogP contribution is -2.33. The van der Waals surface area contributed by atoms with Gasteiger partial charge in [-0.3, -0.25) is 9.59 Å². The molecule has 1 N–H and O–H groups in total. The van der Waals surface area contributed by atoms with Gasteiger partial charge in [0.25, 0.3) is 0 Å². The number of nitrogens with zero attached hydrogens (tertiary/aromatic N) is 2. The summed E-state index contributed by atoms with van der Waals surface area (Å²) in [5, 5.41) is 4.87. The molecule has 0 unspecified atom stereocenters. The van der Waals surface area contributed by atoms with Gasteiger partial charge >= 0.3 is 0 Å². The van der Waals surface area contributed by atoms with Gasteiger partial charge in [0.15, 0.2) is 5.13 Å². The number of nitrogens with one attached hydrogen (secondary N) is 1. The highest BCUT2D eigenvalue weighted by atomic mass is 32.1. The summed E-state index contributed by atoms with van der Waals surface area (Å²) in [6.45, 7) is 5.03. The molecule has 1 rings (SSSR count). The topological polar surface area (TPSA) is 62.3 Å². The van der Waals surface area contributed by atoms with Crippen molar-refractivity contribution in [2.24, 2.45) is 0 Å². The number of thiazole rings is 1. The summed E-state index contributed by atoms with van der Waals surface area (Å²) in [5.74, 6) is -0.467. The summed E-state index contributed by atoms with van der Waals surface area (Å²) in [7, 11) is 0. The predicted molar refractivity (Wildman–Crippen MR) is 63.3 cm³/mol. The second-order valence-electron chi connectivity index (χ2n) is 3.13. The van der Waals surface area contributed by atoms with Crippen molar-refractivity contribution < 1.29 is 9.59 Å². The van der Waals surface area contributed by atoms with Gasteiger partial charge < -0.3 is 10.2 Å². The molecule has 1 heterocycles. The Morgan fingerprint density at radius 2 is 2.12 bits per heavy atom. The molecule has 0 saturated carbocycles. The molecule has 0 radical (unpaired) electrons. The maximum atomic E-state index is 11.6. The standard InChI is InChI=1S/C10H15N3O2S/c1-3-13(4-2)9(15)7-8(14)12-10-11-5-6-16-10/h5-6H,3-4,7H2,1-2H3,(H,11,12,14). The van der Waals surface area contributed by atoms with Gasteiger partial charge in [0.2, 0.25) is 11.8 Å². The number of hydrogen-bond acceptors (Lipinski definition) is 4. The van der Waals surface area contributed by atoms with E-state index in [0.717, 1.165) is 0 Å². The van der Waals surface area contributed by atoms with Crippen LogP contribution in [0.4, 0.5) is 5.13 Å². The van der Waals surface area contributed by atoms with Crippen LogP contribution in [0.25, 0.3) is 0 Å². The molecule has 2 amide bonds. The molecule has 5 nitrogen and oxygen atoms in total. The quantitative estimate of drug-likeness (QED) is 0.791. The first-order valence-electron chi connectivity index (χ1n) is 5.14. The molecule has 0 aliphatic carbocycles. The molecule has 0 bridgehead atoms. The van der Waals surface area contributed by atoms with Crippen molar-refractivity contribution in [3.8, 4) is 0 Å². The normalized spacial score (nSPS) is 9.88. The summed E-state index contributed by atoms with van der Waals surface area (Å²) in [4.78, 5) is 28.6. The van der Waals surface area contributed by atoms with Crippen molar-refractivity contribution in [2.45, 2.75) is 20.3 Å². The molecule has 0 atom stereocenters. The van der Waals surface area contributed by atoms with E-state index in [9.17, 15) is 9.59 Å². The van der Waals surface area contributed by atoms with Crippen LogP contribution in [0.1, 0.15) is 20.3 Å². The molecule has 16 heavy (non-hydrogen) atoms. The van der Waals surface area contributed by atoms with E-state index in [4.69, 9.17) is 0 Å². The van der Waals surface area contributed by atoms with Crippen LogP contribution in [0.3, 0.4) is 0 Å². The lowest BCUT2D eigenvalue weighted by molar-refractivity contribution is -0.134. The third kappa shape index (κ3) is 3.62. The largest absolute Gasteiger partial charge is 0.343 e. The van der Waals surface area contributed by atoms with Crippen molar-refractivity contribution in [1.82, 2.24) is 9.88 Å². The second-order valence-corrected chi connectivity index (χ2v) is 4.02. The van der Waals surface area contributed by atoms with Crippen molar-refractivity contribution in [2.75, 3.05) is 18.4 Å². The highest BCUT2D eigenvalue weighted by Gasteiger charge is 2.14. The minimum atomic E-state index is -0.313. The summed E-state index contributed by atoms with van der Waals surface area (Å²) < 4.78 is 0. The Morgan fingerprint density at radius 3 is 2.62 bits per heavy atom. The Morgan fingerprint density at radius 1 is 1.44 bits per heavy atom. The monoisotopic (exact) mass is 241 g/mol. The van der Waals surface area contributed by atoms with Crippen LogP contribution in [0.2, 0.25) is 0 Å². The fourth-order valence-electron chi connectivity index (χ4n) is 1.27. The minimum absolute atomic E-state index is 0.124. The van der Waals surface area contributed by atoms with Crippen molar-refractivity contribution in [3.63, 3.8) is 0 Å². The number of rotatable bonds is 5. The van der Waals surface area contributed by atoms with Crippen LogP contribution >= 0.6 is 11.3 Å². The van der Waals surface area contributed by atoms with E-state index in [1.165, 1.54) is 11.3 Å². The molecule has 88 valence electrons. The smallest absolute Gasteiger partial charge is 0.235 e. The molecule has 0 aliphatic rings. The van der Waals surface area contributed by atoms with Gasteiger partial charge in [0.05, 0.1) is 0 Å². The van der Waals surface area contributed by atoms with Gasteiger partial charge in [0, 0.05) is 24.7 Å². The molecular formula is C10H15N3O2S. The van der Waals surface area contributed by atoms with Gasteiger partial charge in [-0.05, 0) is 13.8 Å². The molecule has 0 aromatic carbocycles. The molecule has 0 saturated heterocycles. The molecule has 1 aromatic rings. The third-order valence-corrected chi connectivity index (χ3v) is 2.80. The second kappa shape index (κ2) is 6.22.